The summed E-state index contributed by atoms with van der Waals surface area (Å²) >= 11 is 0. The number of nitrogens with zero attached hydrogens (tertiary/aromatic N) is 2. The lowest BCUT2D eigenvalue weighted by molar-refractivity contribution is -0.187. The molecular weight excluding hydrogens is 375 g/mol. The summed E-state index contributed by atoms with van der Waals surface area (Å²) in [5.74, 6) is 0.699. The first kappa shape index (κ1) is 20.6. The molecular formula is C18H26F3N5O2. The number of anilines is 2. The number of rotatable bonds is 7. The van der Waals surface area contributed by atoms with Gasteiger partial charge in [0.05, 0.1) is 11.7 Å². The molecule has 0 spiro atoms. The number of hydrogen-bond donors (Lipinski definition) is 3. The average Bonchev–Trinajstić information content (AvgIpc) is 2.63. The summed E-state index contributed by atoms with van der Waals surface area (Å²) in [5, 5.41) is 6.48. The molecule has 28 heavy (non-hydrogen) atoms. The van der Waals surface area contributed by atoms with E-state index in [9.17, 15) is 18.0 Å². The fraction of sp³-hybridized carbons (Fsp3) is 0.722. The number of carbonyl (C=O) groups excluding carboxylic acids is 1. The van der Waals surface area contributed by atoms with Crippen molar-refractivity contribution in [2.24, 2.45) is 11.7 Å². The topological polar surface area (TPSA) is 102 Å². The molecule has 2 aliphatic rings. The summed E-state index contributed by atoms with van der Waals surface area (Å²) in [4.78, 5) is 20.2. The largest absolute Gasteiger partial charge is 0.411 e. The van der Waals surface area contributed by atoms with Crippen LogP contribution in [0.1, 0.15) is 55.8 Å². The quantitative estimate of drug-likeness (QED) is 0.649. The smallest absolute Gasteiger partial charge is 0.369 e. The Bertz CT molecular complexity index is 692. The summed E-state index contributed by atoms with van der Waals surface area (Å²) in [6, 6.07) is 0.294. The Labute approximate surface area is 161 Å². The highest BCUT2D eigenvalue weighted by atomic mass is 19.4. The van der Waals surface area contributed by atoms with Gasteiger partial charge in [-0.3, -0.25) is 4.79 Å². The van der Waals surface area contributed by atoms with Crippen molar-refractivity contribution >= 4 is 17.7 Å². The van der Waals surface area contributed by atoms with Crippen LogP contribution in [0.25, 0.3) is 0 Å². The third-order valence-electron chi connectivity index (χ3n) is 5.49. The second-order valence-corrected chi connectivity index (χ2v) is 7.67. The van der Waals surface area contributed by atoms with Gasteiger partial charge < -0.3 is 21.1 Å². The second kappa shape index (κ2) is 8.50. The number of ether oxygens (including phenoxy) is 1. The Morgan fingerprint density at radius 1 is 1.21 bits per heavy atom. The number of primary amides is 1. The first-order valence-corrected chi connectivity index (χ1v) is 9.59. The highest BCUT2D eigenvalue weighted by Crippen LogP contribution is 2.31. The third-order valence-corrected chi connectivity index (χ3v) is 5.49. The maximum atomic E-state index is 12.3. The summed E-state index contributed by atoms with van der Waals surface area (Å²) < 4.78 is 41.7. The number of amides is 1. The molecule has 7 nitrogen and oxygen atoms in total. The van der Waals surface area contributed by atoms with Crippen LogP contribution in [0.2, 0.25) is 0 Å². The molecule has 3 rings (SSSR count). The molecule has 10 heteroatoms. The summed E-state index contributed by atoms with van der Waals surface area (Å²) in [6.45, 7) is 0.923. The highest BCUT2D eigenvalue weighted by Gasteiger charge is 2.31. The summed E-state index contributed by atoms with van der Waals surface area (Å²) in [6.07, 6.45) is 1.25. The van der Waals surface area contributed by atoms with Gasteiger partial charge in [0.25, 0.3) is 5.91 Å². The van der Waals surface area contributed by atoms with Gasteiger partial charge >= 0.3 is 6.18 Å². The molecule has 156 valence electrons. The molecule has 1 heterocycles. The number of alkyl halides is 3. The zero-order valence-corrected chi connectivity index (χ0v) is 15.8. The Hall–Kier alpha value is -2.10. The molecule has 0 bridgehead atoms. The lowest BCUT2D eigenvalue weighted by Gasteiger charge is -2.35. The molecule has 0 radical (unpaired) electrons. The lowest BCUT2D eigenvalue weighted by Crippen LogP contribution is -2.37. The van der Waals surface area contributed by atoms with Gasteiger partial charge in [-0.1, -0.05) is 6.92 Å². The minimum atomic E-state index is -4.30. The van der Waals surface area contributed by atoms with E-state index in [-0.39, 0.29) is 23.8 Å². The van der Waals surface area contributed by atoms with Crippen LogP contribution < -0.4 is 16.4 Å². The van der Waals surface area contributed by atoms with Crippen molar-refractivity contribution in [3.63, 3.8) is 0 Å². The van der Waals surface area contributed by atoms with Crippen LogP contribution in [0.4, 0.5) is 24.9 Å². The average molecular weight is 401 g/mol. The fourth-order valence-electron chi connectivity index (χ4n) is 3.57. The Kier molecular flexibility index (Phi) is 6.26. The molecule has 0 unspecified atom stereocenters. The molecule has 2 aliphatic carbocycles. The van der Waals surface area contributed by atoms with Gasteiger partial charge in [0, 0.05) is 18.3 Å². The van der Waals surface area contributed by atoms with Crippen LogP contribution in [-0.2, 0) is 4.74 Å². The van der Waals surface area contributed by atoms with Crippen LogP contribution in [0.3, 0.4) is 0 Å². The molecule has 0 aliphatic heterocycles. The van der Waals surface area contributed by atoms with Gasteiger partial charge in [-0.05, 0) is 44.4 Å². The fourth-order valence-corrected chi connectivity index (χ4v) is 3.57. The maximum absolute atomic E-state index is 12.3. The Morgan fingerprint density at radius 3 is 2.46 bits per heavy atom. The van der Waals surface area contributed by atoms with Crippen molar-refractivity contribution in [2.45, 2.75) is 69.8 Å². The zero-order valence-electron chi connectivity index (χ0n) is 15.8. The number of aromatic nitrogens is 2. The Balaban J connectivity index is 1.56. The predicted molar refractivity (Wildman–Crippen MR) is 98.0 cm³/mol. The first-order valence-electron chi connectivity index (χ1n) is 9.59. The molecule has 1 amide bonds. The van der Waals surface area contributed by atoms with Crippen LogP contribution in [0.15, 0.2) is 6.20 Å². The lowest BCUT2D eigenvalue weighted by atomic mass is 9.81. The van der Waals surface area contributed by atoms with E-state index in [0.717, 1.165) is 12.8 Å². The van der Waals surface area contributed by atoms with E-state index in [1.807, 2.05) is 0 Å². The number of nitrogens with two attached hydrogens (primary N) is 1. The van der Waals surface area contributed by atoms with E-state index < -0.39 is 18.7 Å². The number of hydrogen-bond acceptors (Lipinski definition) is 6. The van der Waals surface area contributed by atoms with Gasteiger partial charge in [-0.15, -0.1) is 0 Å². The number of halogens is 3. The molecule has 0 saturated heterocycles. The van der Waals surface area contributed by atoms with Gasteiger partial charge in [0.2, 0.25) is 5.95 Å². The second-order valence-electron chi connectivity index (χ2n) is 7.67. The van der Waals surface area contributed by atoms with Crippen molar-refractivity contribution in [2.75, 3.05) is 17.2 Å². The van der Waals surface area contributed by atoms with Gasteiger partial charge in [-0.2, -0.15) is 18.2 Å². The molecule has 1 aromatic rings. The zero-order chi connectivity index (χ0) is 20.3. The van der Waals surface area contributed by atoms with Gasteiger partial charge in [-0.25, -0.2) is 4.98 Å². The minimum absolute atomic E-state index is 0.0423. The van der Waals surface area contributed by atoms with E-state index in [0.29, 0.717) is 43.4 Å². The number of carbonyl (C=O) groups is 1. The van der Waals surface area contributed by atoms with E-state index >= 15 is 0 Å². The standard InChI is InChI=1S/C18H26F3N5O2/c1-10-2-7-14(10)25-16-13(15(22)27)8-23-17(26-16)24-11-3-5-12(6-4-11)28-9-18(19,20)21/h8,10-12,14H,2-7,9H2,1H3,(H2,22,27)(H2,23,24,25,26)/t10-,11?,12?,14-/m1/s1. The molecule has 2 saturated carbocycles. The molecule has 4 N–H and O–H groups in total. The first-order chi connectivity index (χ1) is 13.2. The minimum Gasteiger partial charge on any atom is -0.369 e. The van der Waals surface area contributed by atoms with E-state index in [1.165, 1.54) is 6.20 Å². The highest BCUT2D eigenvalue weighted by molar-refractivity contribution is 5.97. The van der Waals surface area contributed by atoms with E-state index in [4.69, 9.17) is 10.5 Å². The number of nitrogens with one attached hydrogen (secondary N) is 2. The van der Waals surface area contributed by atoms with Crippen LogP contribution >= 0.6 is 0 Å². The van der Waals surface area contributed by atoms with E-state index in [1.54, 1.807) is 0 Å². The van der Waals surface area contributed by atoms with Crippen LogP contribution in [0, 0.1) is 5.92 Å². The van der Waals surface area contributed by atoms with Crippen molar-refractivity contribution in [3.05, 3.63) is 11.8 Å². The van der Waals surface area contributed by atoms with Crippen LogP contribution in [-0.4, -0.2) is 46.8 Å². The maximum Gasteiger partial charge on any atom is 0.411 e. The van der Waals surface area contributed by atoms with Crippen molar-refractivity contribution in [3.8, 4) is 0 Å². The van der Waals surface area contributed by atoms with Crippen molar-refractivity contribution < 1.29 is 22.7 Å². The van der Waals surface area contributed by atoms with Crippen molar-refractivity contribution in [1.82, 2.24) is 9.97 Å². The third kappa shape index (κ3) is 5.46. The molecule has 0 aromatic carbocycles. The SMILES string of the molecule is C[C@@H]1CC[C@H]1Nc1nc(NC2CCC(OCC(F)(F)F)CC2)ncc1C(N)=O. The molecule has 2 atom stereocenters. The Morgan fingerprint density at radius 2 is 1.93 bits per heavy atom. The summed E-state index contributed by atoms with van der Waals surface area (Å²) in [5.41, 5.74) is 5.66. The summed E-state index contributed by atoms with van der Waals surface area (Å²) in [7, 11) is 0. The van der Waals surface area contributed by atoms with Gasteiger partial charge in [0.15, 0.2) is 0 Å². The monoisotopic (exact) mass is 401 g/mol. The van der Waals surface area contributed by atoms with E-state index in [2.05, 4.69) is 27.5 Å². The molecule has 2 fully saturated rings. The molecule has 1 aromatic heterocycles. The van der Waals surface area contributed by atoms with Gasteiger partial charge in [0.1, 0.15) is 12.4 Å². The normalized spacial score (nSPS) is 27.7. The van der Waals surface area contributed by atoms with Crippen LogP contribution in [0.5, 0.6) is 0 Å². The predicted octanol–water partition coefficient (Wildman–Crippen LogP) is 3.09. The van der Waals surface area contributed by atoms with Crippen molar-refractivity contribution in [1.29, 1.82) is 0 Å².